The van der Waals surface area contributed by atoms with Crippen LogP contribution in [-0.2, 0) is 24.4 Å². The van der Waals surface area contributed by atoms with Crippen molar-refractivity contribution in [1.29, 1.82) is 0 Å². The van der Waals surface area contributed by atoms with E-state index in [9.17, 15) is 9.59 Å². The van der Waals surface area contributed by atoms with Crippen molar-refractivity contribution in [2.24, 2.45) is 0 Å². The monoisotopic (exact) mass is 477 g/mol. The Balaban J connectivity index is 1.34. The number of carbonyl (C=O) groups excluding carboxylic acids is 1. The first-order valence-corrected chi connectivity index (χ1v) is 12.4. The molecular formula is C29H27N5O2. The summed E-state index contributed by atoms with van der Waals surface area (Å²) in [6.45, 7) is 5.64. The fourth-order valence-electron chi connectivity index (χ4n) is 5.37. The lowest BCUT2D eigenvalue weighted by Gasteiger charge is -2.09. The minimum absolute atomic E-state index is 0.156. The molecule has 0 fully saturated rings. The number of para-hydroxylation sites is 2. The van der Waals surface area contributed by atoms with Crippen LogP contribution in [0.25, 0.3) is 43.6 Å². The Morgan fingerprint density at radius 2 is 1.50 bits per heavy atom. The van der Waals surface area contributed by atoms with Gasteiger partial charge in [-0.15, -0.1) is 0 Å². The summed E-state index contributed by atoms with van der Waals surface area (Å²) in [4.78, 5) is 26.4. The Labute approximate surface area is 207 Å². The molecule has 0 aliphatic heterocycles. The van der Waals surface area contributed by atoms with Crippen LogP contribution in [0.15, 0.2) is 77.7 Å². The molecule has 1 amide bonds. The standard InChI is InChI=1S/C29H27N5O2/c1-3-15-33-25-12-8-6-10-21(25)23-17-30-34(29(36)28(23)33)18-27(35)31-19-13-14-26-22(16-19)20-9-5-7-11-24(20)32(26)4-2/h5-14,16-17H,3-4,15,18H2,1-2H3,(H,31,35). The Morgan fingerprint density at radius 3 is 2.22 bits per heavy atom. The van der Waals surface area contributed by atoms with Crippen molar-refractivity contribution in [3.63, 3.8) is 0 Å². The summed E-state index contributed by atoms with van der Waals surface area (Å²) in [6.07, 6.45) is 2.59. The topological polar surface area (TPSA) is 73.8 Å². The van der Waals surface area contributed by atoms with E-state index in [0.29, 0.717) is 11.2 Å². The zero-order valence-electron chi connectivity index (χ0n) is 20.4. The van der Waals surface area contributed by atoms with E-state index >= 15 is 0 Å². The van der Waals surface area contributed by atoms with Crippen molar-refractivity contribution in [2.45, 2.75) is 39.9 Å². The lowest BCUT2D eigenvalue weighted by Crippen LogP contribution is -2.30. The Bertz CT molecular complexity index is 1840. The van der Waals surface area contributed by atoms with Crippen LogP contribution >= 0.6 is 0 Å². The van der Waals surface area contributed by atoms with Crippen molar-refractivity contribution in [1.82, 2.24) is 18.9 Å². The van der Waals surface area contributed by atoms with Gasteiger partial charge in [-0.05, 0) is 43.7 Å². The van der Waals surface area contributed by atoms with E-state index in [1.54, 1.807) is 6.20 Å². The molecule has 0 saturated heterocycles. The number of nitrogens with one attached hydrogen (secondary N) is 1. The molecule has 0 aliphatic carbocycles. The van der Waals surface area contributed by atoms with Gasteiger partial charge in [-0.25, -0.2) is 4.68 Å². The van der Waals surface area contributed by atoms with Gasteiger partial charge in [0.05, 0.1) is 6.20 Å². The predicted octanol–water partition coefficient (Wildman–Crippen LogP) is 5.53. The van der Waals surface area contributed by atoms with Gasteiger partial charge in [0.1, 0.15) is 12.1 Å². The zero-order chi connectivity index (χ0) is 24.8. The molecule has 0 saturated carbocycles. The Morgan fingerprint density at radius 1 is 0.833 bits per heavy atom. The summed E-state index contributed by atoms with van der Waals surface area (Å²) >= 11 is 0. The predicted molar refractivity (Wildman–Crippen MR) is 146 cm³/mol. The number of hydrogen-bond acceptors (Lipinski definition) is 3. The highest BCUT2D eigenvalue weighted by atomic mass is 16.2. The van der Waals surface area contributed by atoms with Crippen LogP contribution in [0, 0.1) is 0 Å². The molecule has 0 atom stereocenters. The minimum Gasteiger partial charge on any atom is -0.341 e. The van der Waals surface area contributed by atoms with Gasteiger partial charge >= 0.3 is 0 Å². The Hall–Kier alpha value is -4.39. The van der Waals surface area contributed by atoms with Crippen LogP contribution < -0.4 is 10.9 Å². The minimum atomic E-state index is -0.291. The smallest absolute Gasteiger partial charge is 0.291 e. The van der Waals surface area contributed by atoms with Crippen molar-refractivity contribution < 1.29 is 4.79 Å². The van der Waals surface area contributed by atoms with Crippen molar-refractivity contribution in [3.05, 3.63) is 83.3 Å². The first-order valence-electron chi connectivity index (χ1n) is 12.4. The van der Waals surface area contributed by atoms with Gasteiger partial charge in [0, 0.05) is 56.9 Å². The fourth-order valence-corrected chi connectivity index (χ4v) is 5.37. The summed E-state index contributed by atoms with van der Waals surface area (Å²) in [5.41, 5.74) is 4.34. The first-order chi connectivity index (χ1) is 17.6. The van der Waals surface area contributed by atoms with Gasteiger partial charge in [-0.2, -0.15) is 5.10 Å². The average molecular weight is 478 g/mol. The highest BCUT2D eigenvalue weighted by Gasteiger charge is 2.17. The number of nitrogens with zero attached hydrogens (tertiary/aromatic N) is 4. The van der Waals surface area contributed by atoms with Crippen molar-refractivity contribution >= 4 is 55.2 Å². The first kappa shape index (κ1) is 22.1. The number of anilines is 1. The van der Waals surface area contributed by atoms with E-state index < -0.39 is 0 Å². The summed E-state index contributed by atoms with van der Waals surface area (Å²) in [5.74, 6) is -0.291. The van der Waals surface area contributed by atoms with Gasteiger partial charge in [0.25, 0.3) is 5.56 Å². The third kappa shape index (κ3) is 3.39. The largest absolute Gasteiger partial charge is 0.341 e. The molecule has 1 N–H and O–H groups in total. The average Bonchev–Trinajstić information content (AvgIpc) is 3.39. The summed E-state index contributed by atoms with van der Waals surface area (Å²) in [6, 6.07) is 22.2. The number of amides is 1. The van der Waals surface area contributed by atoms with E-state index in [-0.39, 0.29) is 18.0 Å². The third-order valence-corrected chi connectivity index (χ3v) is 6.89. The normalized spacial score (nSPS) is 11.7. The summed E-state index contributed by atoms with van der Waals surface area (Å²) < 4.78 is 5.56. The van der Waals surface area contributed by atoms with Crippen LogP contribution in [0.4, 0.5) is 5.69 Å². The Kier molecular flexibility index (Phi) is 5.33. The molecule has 0 unspecified atom stereocenters. The zero-order valence-corrected chi connectivity index (χ0v) is 20.4. The van der Waals surface area contributed by atoms with E-state index in [1.807, 2.05) is 59.2 Å². The van der Waals surface area contributed by atoms with E-state index in [1.165, 1.54) is 10.2 Å². The maximum absolute atomic E-state index is 13.4. The van der Waals surface area contributed by atoms with Gasteiger partial charge in [0.2, 0.25) is 5.91 Å². The van der Waals surface area contributed by atoms with E-state index in [0.717, 1.165) is 52.1 Å². The molecule has 7 heteroatoms. The van der Waals surface area contributed by atoms with Crippen LogP contribution in [0.2, 0.25) is 0 Å². The second-order valence-electron chi connectivity index (χ2n) is 9.08. The van der Waals surface area contributed by atoms with E-state index in [4.69, 9.17) is 0 Å². The maximum atomic E-state index is 13.4. The molecule has 0 aliphatic rings. The highest BCUT2D eigenvalue weighted by molar-refractivity contribution is 6.10. The molecule has 36 heavy (non-hydrogen) atoms. The number of hydrogen-bond donors (Lipinski definition) is 1. The second kappa shape index (κ2) is 8.68. The number of benzene rings is 3. The number of carbonyl (C=O) groups is 1. The fraction of sp³-hybridized carbons (Fsp3) is 0.207. The number of fused-ring (bicyclic) bond motifs is 6. The van der Waals surface area contributed by atoms with Crippen LogP contribution in [0.5, 0.6) is 0 Å². The lowest BCUT2D eigenvalue weighted by molar-refractivity contribution is -0.117. The molecule has 7 nitrogen and oxygen atoms in total. The summed E-state index contributed by atoms with van der Waals surface area (Å²) in [7, 11) is 0. The van der Waals surface area contributed by atoms with E-state index in [2.05, 4.69) is 41.0 Å². The SMILES string of the molecule is CCCn1c2ccccc2c2cnn(CC(=O)Nc3ccc4c(c3)c3ccccc3n4CC)c(=O)c21. The molecule has 6 rings (SSSR count). The van der Waals surface area contributed by atoms with Gasteiger partial charge in [-0.1, -0.05) is 43.3 Å². The highest BCUT2D eigenvalue weighted by Crippen LogP contribution is 2.31. The molecule has 180 valence electrons. The quantitative estimate of drug-likeness (QED) is 0.343. The van der Waals surface area contributed by atoms with Crippen LogP contribution in [-0.4, -0.2) is 24.8 Å². The molecule has 0 bridgehead atoms. The molecule has 3 aromatic heterocycles. The summed E-state index contributed by atoms with van der Waals surface area (Å²) in [5, 5.41) is 11.4. The van der Waals surface area contributed by atoms with Gasteiger partial charge in [-0.3, -0.25) is 9.59 Å². The number of aromatic nitrogens is 4. The van der Waals surface area contributed by atoms with Crippen LogP contribution in [0.3, 0.4) is 0 Å². The van der Waals surface area contributed by atoms with Gasteiger partial charge < -0.3 is 14.5 Å². The lowest BCUT2D eigenvalue weighted by atomic mass is 10.1. The third-order valence-electron chi connectivity index (χ3n) is 6.89. The van der Waals surface area contributed by atoms with Crippen molar-refractivity contribution in [3.8, 4) is 0 Å². The number of rotatable bonds is 6. The molecule has 3 heterocycles. The molecule has 6 aromatic rings. The second-order valence-corrected chi connectivity index (χ2v) is 9.08. The van der Waals surface area contributed by atoms with Crippen LogP contribution in [0.1, 0.15) is 20.3 Å². The molecule has 0 spiro atoms. The molecule has 3 aromatic carbocycles. The molecule has 0 radical (unpaired) electrons. The number of aryl methyl sites for hydroxylation is 2. The van der Waals surface area contributed by atoms with Crippen molar-refractivity contribution in [2.75, 3.05) is 5.32 Å². The maximum Gasteiger partial charge on any atom is 0.291 e. The molecular weight excluding hydrogens is 450 g/mol. The van der Waals surface area contributed by atoms with Gasteiger partial charge in [0.15, 0.2) is 0 Å².